The number of rotatable bonds is 3. The average molecular weight is 278 g/mol. The van der Waals surface area contributed by atoms with Gasteiger partial charge in [0.1, 0.15) is 0 Å². The van der Waals surface area contributed by atoms with Crippen LogP contribution in [0.1, 0.15) is 11.1 Å². The molecule has 0 amide bonds. The van der Waals surface area contributed by atoms with Gasteiger partial charge in [0.05, 0.1) is 0 Å². The number of aliphatic carboxylic acids is 1. The van der Waals surface area contributed by atoms with Gasteiger partial charge >= 0.3 is 5.97 Å². The molecular formula is C14H12BKO3. The van der Waals surface area contributed by atoms with E-state index < -0.39 is 11.6 Å². The van der Waals surface area contributed by atoms with E-state index >= 15 is 0 Å². The Morgan fingerprint density at radius 3 is 1.42 bits per heavy atom. The van der Waals surface area contributed by atoms with Gasteiger partial charge in [-0.3, -0.25) is 0 Å². The van der Waals surface area contributed by atoms with Crippen molar-refractivity contribution >= 4 is 65.8 Å². The summed E-state index contributed by atoms with van der Waals surface area (Å²) in [5, 5.41) is 19.7. The first-order chi connectivity index (χ1) is 8.15. The molecule has 2 N–H and O–H groups in total. The quantitative estimate of drug-likeness (QED) is 0.831. The Bertz CT molecular complexity index is 477. The average Bonchev–Trinajstić information content (AvgIpc) is 2.39. The Morgan fingerprint density at radius 1 is 0.842 bits per heavy atom. The molecule has 0 bridgehead atoms. The molecule has 0 aliphatic rings. The van der Waals surface area contributed by atoms with E-state index in [2.05, 4.69) is 0 Å². The van der Waals surface area contributed by atoms with Crippen molar-refractivity contribution in [2.75, 3.05) is 0 Å². The van der Waals surface area contributed by atoms with Crippen LogP contribution in [-0.4, -0.2) is 76.0 Å². The van der Waals surface area contributed by atoms with E-state index in [1.165, 1.54) is 0 Å². The van der Waals surface area contributed by atoms with Crippen LogP contribution >= 0.6 is 0 Å². The summed E-state index contributed by atoms with van der Waals surface area (Å²) in [4.78, 5) is 11.4. The van der Waals surface area contributed by atoms with Crippen molar-refractivity contribution in [3.8, 4) is 0 Å². The van der Waals surface area contributed by atoms with Gasteiger partial charge in [-0.1, -0.05) is 60.7 Å². The Hall–Kier alpha value is -0.429. The van der Waals surface area contributed by atoms with Crippen LogP contribution in [0, 0.1) is 0 Å². The Kier molecular flexibility index (Phi) is 7.81. The summed E-state index contributed by atoms with van der Waals surface area (Å²) >= 11 is 0. The number of carboxylic acids is 1. The van der Waals surface area contributed by atoms with Crippen LogP contribution in [0.5, 0.6) is 0 Å². The molecule has 0 aliphatic heterocycles. The molecule has 0 saturated carbocycles. The molecule has 2 rings (SSSR count). The van der Waals surface area contributed by atoms with E-state index in [1.807, 2.05) is 0 Å². The second-order valence-electron chi connectivity index (χ2n) is 3.75. The molecule has 19 heavy (non-hydrogen) atoms. The smallest absolute Gasteiger partial charge is 0.345 e. The Labute approximate surface area is 156 Å². The SMILES string of the molecule is O=C(O)C(O)(c1ccccc1)c1ccccc1.[B].[K]. The van der Waals surface area contributed by atoms with Gasteiger partial charge in [-0.05, 0) is 11.1 Å². The van der Waals surface area contributed by atoms with Crippen LogP contribution in [0.3, 0.4) is 0 Å². The number of benzene rings is 2. The van der Waals surface area contributed by atoms with Crippen molar-refractivity contribution in [1.29, 1.82) is 0 Å². The summed E-state index contributed by atoms with van der Waals surface area (Å²) in [5.74, 6) is -1.28. The summed E-state index contributed by atoms with van der Waals surface area (Å²) < 4.78 is 0. The van der Waals surface area contributed by atoms with Gasteiger partial charge in [0.25, 0.3) is 0 Å². The van der Waals surface area contributed by atoms with E-state index in [1.54, 1.807) is 60.7 Å². The molecule has 0 saturated heterocycles. The molecule has 0 atom stereocenters. The van der Waals surface area contributed by atoms with E-state index in [0.29, 0.717) is 11.1 Å². The molecule has 5 heteroatoms. The predicted molar refractivity (Wildman–Crippen MR) is 75.0 cm³/mol. The molecule has 0 unspecified atom stereocenters. The fourth-order valence-electron chi connectivity index (χ4n) is 1.77. The molecule has 0 heterocycles. The third-order valence-corrected chi connectivity index (χ3v) is 2.69. The van der Waals surface area contributed by atoms with E-state index in [-0.39, 0.29) is 59.8 Å². The molecule has 2 aromatic rings. The fourth-order valence-corrected chi connectivity index (χ4v) is 1.77. The number of carbonyl (C=O) groups is 1. The minimum Gasteiger partial charge on any atom is -0.479 e. The monoisotopic (exact) mass is 278 g/mol. The van der Waals surface area contributed by atoms with Gasteiger partial charge in [-0.15, -0.1) is 0 Å². The standard InChI is InChI=1S/C14H12O3.B.K/c15-13(16)14(17,11-7-3-1-4-8-11)12-9-5-2-6-10-12;;/h1-10,17H,(H,15,16);;. The molecule has 3 nitrogen and oxygen atoms in total. The molecule has 0 fully saturated rings. The van der Waals surface area contributed by atoms with Gasteiger partial charge in [0, 0.05) is 59.8 Å². The van der Waals surface area contributed by atoms with E-state index in [9.17, 15) is 15.0 Å². The number of hydrogen-bond donors (Lipinski definition) is 2. The van der Waals surface area contributed by atoms with Crippen molar-refractivity contribution < 1.29 is 15.0 Å². The van der Waals surface area contributed by atoms with Crippen molar-refractivity contribution in [3.05, 3.63) is 71.8 Å². The molecule has 2 aromatic carbocycles. The summed E-state index contributed by atoms with van der Waals surface area (Å²) in [6, 6.07) is 16.7. The maximum Gasteiger partial charge on any atom is 0.345 e. The maximum absolute atomic E-state index is 11.4. The van der Waals surface area contributed by atoms with Crippen molar-refractivity contribution in [1.82, 2.24) is 0 Å². The van der Waals surface area contributed by atoms with Crippen molar-refractivity contribution in [2.45, 2.75) is 5.60 Å². The van der Waals surface area contributed by atoms with Crippen LogP contribution < -0.4 is 0 Å². The zero-order valence-corrected chi connectivity index (χ0v) is 13.8. The number of carboxylic acid groups (broad SMARTS) is 1. The van der Waals surface area contributed by atoms with Crippen molar-refractivity contribution in [2.24, 2.45) is 0 Å². The first kappa shape index (κ1) is 18.6. The minimum absolute atomic E-state index is 0. The second kappa shape index (κ2) is 7.99. The number of hydrogen-bond acceptors (Lipinski definition) is 2. The van der Waals surface area contributed by atoms with Crippen LogP contribution in [0.25, 0.3) is 0 Å². The van der Waals surface area contributed by atoms with Crippen LogP contribution in [0.4, 0.5) is 0 Å². The molecule has 0 aromatic heterocycles. The summed E-state index contributed by atoms with van der Waals surface area (Å²) in [5.41, 5.74) is -1.31. The normalized spacial score (nSPS) is 9.95. The van der Waals surface area contributed by atoms with Gasteiger partial charge < -0.3 is 10.2 Å². The zero-order chi connectivity index (χ0) is 12.3. The van der Waals surface area contributed by atoms with Gasteiger partial charge in [-0.2, -0.15) is 0 Å². The molecule has 90 valence electrons. The third-order valence-electron chi connectivity index (χ3n) is 2.69. The number of aliphatic hydroxyl groups is 1. The van der Waals surface area contributed by atoms with Gasteiger partial charge in [0.15, 0.2) is 0 Å². The molecule has 0 spiro atoms. The van der Waals surface area contributed by atoms with Crippen molar-refractivity contribution in [3.63, 3.8) is 0 Å². The van der Waals surface area contributed by atoms with Gasteiger partial charge in [0.2, 0.25) is 5.60 Å². The molecular weight excluding hydrogens is 266 g/mol. The predicted octanol–water partition coefficient (Wildman–Crippen LogP) is 1.25. The topological polar surface area (TPSA) is 57.5 Å². The van der Waals surface area contributed by atoms with E-state index in [4.69, 9.17) is 0 Å². The molecule has 4 radical (unpaired) electrons. The summed E-state index contributed by atoms with van der Waals surface area (Å²) in [7, 11) is 0. The Morgan fingerprint density at radius 2 is 1.16 bits per heavy atom. The first-order valence-electron chi connectivity index (χ1n) is 5.22. The Balaban J connectivity index is 0.00000162. The van der Waals surface area contributed by atoms with Crippen LogP contribution in [0.15, 0.2) is 60.7 Å². The summed E-state index contributed by atoms with van der Waals surface area (Å²) in [6.07, 6.45) is 0. The zero-order valence-electron chi connectivity index (χ0n) is 10.7. The maximum atomic E-state index is 11.4. The van der Waals surface area contributed by atoms with Gasteiger partial charge in [-0.25, -0.2) is 4.79 Å². The van der Waals surface area contributed by atoms with E-state index in [0.717, 1.165) is 0 Å². The first-order valence-corrected chi connectivity index (χ1v) is 5.22. The largest absolute Gasteiger partial charge is 0.479 e. The molecule has 0 aliphatic carbocycles. The summed E-state index contributed by atoms with van der Waals surface area (Å²) in [6.45, 7) is 0. The fraction of sp³-hybridized carbons (Fsp3) is 0.0714. The minimum atomic E-state index is -2.00. The third kappa shape index (κ3) is 3.78. The second-order valence-corrected chi connectivity index (χ2v) is 3.75. The van der Waals surface area contributed by atoms with Crippen LogP contribution in [0.2, 0.25) is 0 Å². The van der Waals surface area contributed by atoms with Crippen LogP contribution in [-0.2, 0) is 10.4 Å².